The molecule has 0 unspecified atom stereocenters. The van der Waals surface area contributed by atoms with E-state index in [4.69, 9.17) is 0 Å². The average Bonchev–Trinajstić information content (AvgIpc) is 2.84. The van der Waals surface area contributed by atoms with Gasteiger partial charge in [0.2, 0.25) is 0 Å². The Balaban J connectivity index is 2.11. The number of hydrogen-bond acceptors (Lipinski definition) is 3. The molecular weight excluding hydrogens is 246 g/mol. The van der Waals surface area contributed by atoms with Gasteiger partial charge in [-0.2, -0.15) is 5.10 Å². The van der Waals surface area contributed by atoms with Crippen LogP contribution in [-0.4, -0.2) is 27.6 Å². The fourth-order valence-electron chi connectivity index (χ4n) is 1.95. The first-order valence-corrected chi connectivity index (χ1v) is 6.59. The van der Waals surface area contributed by atoms with Crippen molar-refractivity contribution in [2.45, 2.75) is 20.4 Å². The van der Waals surface area contributed by atoms with Gasteiger partial charge >= 0.3 is 0 Å². The van der Waals surface area contributed by atoms with Crippen LogP contribution in [0.5, 0.6) is 0 Å². The number of aromatic nitrogens is 2. The Morgan fingerprint density at radius 1 is 1.50 bits per heavy atom. The molecule has 0 saturated heterocycles. The van der Waals surface area contributed by atoms with Crippen LogP contribution in [0.3, 0.4) is 0 Å². The lowest BCUT2D eigenvalue weighted by Crippen LogP contribution is -2.26. The van der Waals surface area contributed by atoms with E-state index >= 15 is 0 Å². The van der Waals surface area contributed by atoms with Crippen LogP contribution in [0.1, 0.15) is 25.7 Å². The van der Waals surface area contributed by atoms with Crippen molar-refractivity contribution in [1.29, 1.82) is 0 Å². The summed E-state index contributed by atoms with van der Waals surface area (Å²) in [7, 11) is 3.69. The Labute approximate surface area is 111 Å². The van der Waals surface area contributed by atoms with E-state index in [1.807, 2.05) is 40.2 Å². The second-order valence-corrected chi connectivity index (χ2v) is 5.97. The number of hydrogen-bond donors (Lipinski definition) is 0. The van der Waals surface area contributed by atoms with Gasteiger partial charge in [0.05, 0.1) is 11.8 Å². The number of aryl methyl sites for hydroxylation is 3. The maximum absolute atomic E-state index is 12.3. The van der Waals surface area contributed by atoms with Gasteiger partial charge in [-0.1, -0.05) is 0 Å². The minimum atomic E-state index is 0.0701. The SMILES string of the molecule is Cc1cc(C(=O)N(C)Cc2cnn(C)c2)c(C)s1. The predicted octanol–water partition coefficient (Wildman–Crippen LogP) is 2.37. The number of carbonyl (C=O) groups excluding carboxylic acids is 1. The van der Waals surface area contributed by atoms with Gasteiger partial charge in [-0.3, -0.25) is 9.48 Å². The standard InChI is InChI=1S/C13H17N3OS/c1-9-5-12(10(2)18-9)13(17)15(3)7-11-6-14-16(4)8-11/h5-6,8H,7H2,1-4H3. The zero-order valence-electron chi connectivity index (χ0n) is 11.1. The van der Waals surface area contributed by atoms with Crippen LogP contribution in [0.25, 0.3) is 0 Å². The minimum absolute atomic E-state index is 0.0701. The fourth-order valence-corrected chi connectivity index (χ4v) is 2.86. The monoisotopic (exact) mass is 263 g/mol. The molecule has 2 aromatic heterocycles. The van der Waals surface area contributed by atoms with Crippen molar-refractivity contribution >= 4 is 17.2 Å². The summed E-state index contributed by atoms with van der Waals surface area (Å²) in [5, 5.41) is 4.10. The molecule has 0 aliphatic rings. The fraction of sp³-hybridized carbons (Fsp3) is 0.385. The van der Waals surface area contributed by atoms with E-state index in [2.05, 4.69) is 5.10 Å². The van der Waals surface area contributed by atoms with Gasteiger partial charge in [0.1, 0.15) is 0 Å². The Bertz CT molecular complexity index is 571. The minimum Gasteiger partial charge on any atom is -0.337 e. The molecule has 0 bridgehead atoms. The van der Waals surface area contributed by atoms with Crippen molar-refractivity contribution in [3.8, 4) is 0 Å². The number of amides is 1. The summed E-state index contributed by atoms with van der Waals surface area (Å²) in [6.07, 6.45) is 3.71. The zero-order valence-corrected chi connectivity index (χ0v) is 11.9. The number of thiophene rings is 1. The summed E-state index contributed by atoms with van der Waals surface area (Å²) in [6.45, 7) is 4.60. The molecule has 0 radical (unpaired) electrons. The summed E-state index contributed by atoms with van der Waals surface area (Å²) >= 11 is 1.66. The third kappa shape index (κ3) is 2.61. The van der Waals surface area contributed by atoms with Gasteiger partial charge in [0.15, 0.2) is 0 Å². The van der Waals surface area contributed by atoms with Crippen LogP contribution < -0.4 is 0 Å². The summed E-state index contributed by atoms with van der Waals surface area (Å²) in [5.74, 6) is 0.0701. The molecule has 2 rings (SSSR count). The third-order valence-electron chi connectivity index (χ3n) is 2.80. The molecule has 5 heteroatoms. The first-order valence-electron chi connectivity index (χ1n) is 5.77. The molecule has 2 aromatic rings. The van der Waals surface area contributed by atoms with Crippen LogP contribution in [0.15, 0.2) is 18.5 Å². The van der Waals surface area contributed by atoms with Gasteiger partial charge in [0.25, 0.3) is 5.91 Å². The lowest BCUT2D eigenvalue weighted by atomic mass is 10.2. The molecule has 0 N–H and O–H groups in total. The maximum atomic E-state index is 12.3. The molecule has 0 fully saturated rings. The van der Waals surface area contributed by atoms with Crippen molar-refractivity contribution in [3.63, 3.8) is 0 Å². The molecule has 0 aliphatic carbocycles. The Hall–Kier alpha value is -1.62. The van der Waals surface area contributed by atoms with E-state index in [0.29, 0.717) is 6.54 Å². The molecular formula is C13H17N3OS. The highest BCUT2D eigenvalue weighted by atomic mass is 32.1. The lowest BCUT2D eigenvalue weighted by molar-refractivity contribution is 0.0785. The predicted molar refractivity (Wildman–Crippen MR) is 72.8 cm³/mol. The highest BCUT2D eigenvalue weighted by molar-refractivity contribution is 7.12. The summed E-state index contributed by atoms with van der Waals surface area (Å²) in [5.41, 5.74) is 1.85. The van der Waals surface area contributed by atoms with Gasteiger partial charge in [-0.05, 0) is 19.9 Å². The molecule has 0 aromatic carbocycles. The molecule has 96 valence electrons. The van der Waals surface area contributed by atoms with Gasteiger partial charge in [-0.25, -0.2) is 0 Å². The van der Waals surface area contributed by atoms with Crippen molar-refractivity contribution in [2.24, 2.45) is 7.05 Å². The van der Waals surface area contributed by atoms with Crippen molar-refractivity contribution < 1.29 is 4.79 Å². The van der Waals surface area contributed by atoms with Gasteiger partial charge < -0.3 is 4.90 Å². The molecule has 0 aliphatic heterocycles. The summed E-state index contributed by atoms with van der Waals surface area (Å²) in [4.78, 5) is 16.3. The molecule has 18 heavy (non-hydrogen) atoms. The van der Waals surface area contributed by atoms with E-state index in [9.17, 15) is 4.79 Å². The third-order valence-corrected chi connectivity index (χ3v) is 3.76. The first-order chi connectivity index (χ1) is 8.47. The van der Waals surface area contributed by atoms with Crippen molar-refractivity contribution in [1.82, 2.24) is 14.7 Å². The van der Waals surface area contributed by atoms with Gasteiger partial charge in [0, 0.05) is 42.2 Å². The molecule has 0 atom stereocenters. The van der Waals surface area contributed by atoms with E-state index in [0.717, 1.165) is 16.0 Å². The van der Waals surface area contributed by atoms with Crippen LogP contribution >= 0.6 is 11.3 Å². The van der Waals surface area contributed by atoms with Crippen LogP contribution in [0.2, 0.25) is 0 Å². The highest BCUT2D eigenvalue weighted by Crippen LogP contribution is 2.22. The Morgan fingerprint density at radius 3 is 2.72 bits per heavy atom. The summed E-state index contributed by atoms with van der Waals surface area (Å²) in [6, 6.07) is 1.96. The van der Waals surface area contributed by atoms with Gasteiger partial charge in [-0.15, -0.1) is 11.3 Å². The number of rotatable bonds is 3. The van der Waals surface area contributed by atoms with E-state index < -0.39 is 0 Å². The molecule has 0 saturated carbocycles. The van der Waals surface area contributed by atoms with E-state index in [1.165, 1.54) is 4.88 Å². The van der Waals surface area contributed by atoms with E-state index in [1.54, 1.807) is 27.1 Å². The Morgan fingerprint density at radius 2 is 2.22 bits per heavy atom. The smallest absolute Gasteiger partial charge is 0.255 e. The highest BCUT2D eigenvalue weighted by Gasteiger charge is 2.16. The summed E-state index contributed by atoms with van der Waals surface area (Å²) < 4.78 is 1.74. The van der Waals surface area contributed by atoms with Crippen molar-refractivity contribution in [3.05, 3.63) is 39.3 Å². The van der Waals surface area contributed by atoms with Crippen LogP contribution in [-0.2, 0) is 13.6 Å². The number of nitrogens with zero attached hydrogens (tertiary/aromatic N) is 3. The van der Waals surface area contributed by atoms with Crippen molar-refractivity contribution in [2.75, 3.05) is 7.05 Å². The molecule has 2 heterocycles. The zero-order chi connectivity index (χ0) is 13.3. The van der Waals surface area contributed by atoms with E-state index in [-0.39, 0.29) is 5.91 Å². The quantitative estimate of drug-likeness (QED) is 0.852. The Kier molecular flexibility index (Phi) is 3.52. The maximum Gasteiger partial charge on any atom is 0.255 e. The molecule has 0 spiro atoms. The lowest BCUT2D eigenvalue weighted by Gasteiger charge is -2.15. The molecule has 1 amide bonds. The topological polar surface area (TPSA) is 38.1 Å². The number of carbonyl (C=O) groups is 1. The first kappa shape index (κ1) is 12.8. The van der Waals surface area contributed by atoms with Crippen LogP contribution in [0, 0.1) is 13.8 Å². The second kappa shape index (κ2) is 4.94. The second-order valence-electron chi connectivity index (χ2n) is 4.51. The molecule has 4 nitrogen and oxygen atoms in total. The largest absolute Gasteiger partial charge is 0.337 e. The van der Waals surface area contributed by atoms with Crippen LogP contribution in [0.4, 0.5) is 0 Å². The normalized spacial score (nSPS) is 10.7. The average molecular weight is 263 g/mol.